The number of likely N-dealkylation sites (N-methyl/N-ethyl adjacent to an activating group) is 1. The van der Waals surface area contributed by atoms with E-state index in [-0.39, 0.29) is 5.91 Å². The predicted molar refractivity (Wildman–Crippen MR) is 79.2 cm³/mol. The summed E-state index contributed by atoms with van der Waals surface area (Å²) in [5.41, 5.74) is 5.13. The van der Waals surface area contributed by atoms with Crippen molar-refractivity contribution in [3.05, 3.63) is 18.2 Å². The minimum absolute atomic E-state index is 0.207. The number of carbonyl (C=O) groups excluding carboxylic acids is 1. The average Bonchev–Trinajstić information content (AvgIpc) is 3.03. The number of hydrogen-bond acceptors (Lipinski definition) is 3. The van der Waals surface area contributed by atoms with Gasteiger partial charge >= 0.3 is 0 Å². The van der Waals surface area contributed by atoms with E-state index in [2.05, 4.69) is 21.8 Å². The Morgan fingerprint density at radius 2 is 2.45 bits per heavy atom. The van der Waals surface area contributed by atoms with Crippen molar-refractivity contribution >= 4 is 5.91 Å². The fraction of sp³-hybridized carbons (Fsp3) is 0.733. The first kappa shape index (κ1) is 15.0. The van der Waals surface area contributed by atoms with Gasteiger partial charge < -0.3 is 15.6 Å². The molecule has 3 N–H and O–H groups in total. The van der Waals surface area contributed by atoms with Crippen molar-refractivity contribution in [3.63, 3.8) is 0 Å². The van der Waals surface area contributed by atoms with E-state index in [0.29, 0.717) is 5.92 Å². The molecule has 1 aromatic rings. The van der Waals surface area contributed by atoms with Crippen LogP contribution in [0, 0.1) is 5.92 Å². The van der Waals surface area contributed by atoms with Gasteiger partial charge in [-0.3, -0.25) is 4.79 Å². The molecule has 1 heterocycles. The summed E-state index contributed by atoms with van der Waals surface area (Å²) in [7, 11) is 1.85. The van der Waals surface area contributed by atoms with Crippen LogP contribution in [0.4, 0.5) is 0 Å². The topological polar surface area (TPSA) is 72.9 Å². The van der Waals surface area contributed by atoms with E-state index in [9.17, 15) is 4.79 Å². The zero-order chi connectivity index (χ0) is 14.6. The number of aromatic nitrogens is 2. The van der Waals surface area contributed by atoms with E-state index < -0.39 is 5.54 Å². The third-order valence-corrected chi connectivity index (χ3v) is 4.70. The van der Waals surface area contributed by atoms with Gasteiger partial charge in [0.2, 0.25) is 5.91 Å². The number of nitrogens with zero attached hydrogens (tertiary/aromatic N) is 2. The van der Waals surface area contributed by atoms with Gasteiger partial charge in [-0.05, 0) is 38.6 Å². The summed E-state index contributed by atoms with van der Waals surface area (Å²) >= 11 is 0. The second kappa shape index (κ2) is 6.39. The van der Waals surface area contributed by atoms with Gasteiger partial charge in [-0.1, -0.05) is 13.3 Å². The molecule has 1 amide bonds. The number of amides is 1. The number of rotatable bonds is 7. The number of nitrogens with one attached hydrogen (secondary N) is 1. The molecule has 1 aliphatic rings. The summed E-state index contributed by atoms with van der Waals surface area (Å²) in [6, 6.07) is 0. The fourth-order valence-corrected chi connectivity index (χ4v) is 3.54. The smallest absolute Gasteiger partial charge is 0.238 e. The Hall–Kier alpha value is -1.36. The van der Waals surface area contributed by atoms with Crippen LogP contribution in [-0.2, 0) is 17.8 Å². The van der Waals surface area contributed by atoms with Gasteiger partial charge in [0.25, 0.3) is 0 Å². The lowest BCUT2D eigenvalue weighted by atomic mass is 9.84. The molecule has 1 aromatic heterocycles. The molecule has 112 valence electrons. The van der Waals surface area contributed by atoms with Gasteiger partial charge in [-0.15, -0.1) is 0 Å². The quantitative estimate of drug-likeness (QED) is 0.793. The maximum atomic E-state index is 11.8. The number of hydrogen-bond donors (Lipinski definition) is 2. The van der Waals surface area contributed by atoms with Crippen molar-refractivity contribution in [2.45, 2.75) is 57.5 Å². The van der Waals surface area contributed by atoms with Gasteiger partial charge in [-0.25, -0.2) is 4.98 Å². The molecular formula is C15H26N4O. The van der Waals surface area contributed by atoms with E-state index in [0.717, 1.165) is 50.9 Å². The van der Waals surface area contributed by atoms with Crippen molar-refractivity contribution in [1.82, 2.24) is 14.9 Å². The first-order valence-electron chi connectivity index (χ1n) is 7.63. The van der Waals surface area contributed by atoms with E-state index in [1.54, 1.807) is 0 Å². The lowest BCUT2D eigenvalue weighted by molar-refractivity contribution is -0.125. The Bertz CT molecular complexity index is 456. The molecule has 0 aromatic carbocycles. The Kier molecular flexibility index (Phi) is 4.81. The lowest BCUT2D eigenvalue weighted by Crippen LogP contribution is -2.56. The Labute approximate surface area is 120 Å². The highest BCUT2D eigenvalue weighted by Gasteiger charge is 2.46. The average molecular weight is 278 g/mol. The molecule has 5 heteroatoms. The second-order valence-electron chi connectivity index (χ2n) is 5.75. The predicted octanol–water partition coefficient (Wildman–Crippen LogP) is 1.47. The highest BCUT2D eigenvalue weighted by molar-refractivity contribution is 5.85. The van der Waals surface area contributed by atoms with E-state index in [4.69, 9.17) is 5.73 Å². The SMILES string of the molecule is CCCc1nccn1CCC1CCCC1(NC)C(N)=O. The zero-order valence-electron chi connectivity index (χ0n) is 12.6. The van der Waals surface area contributed by atoms with Crippen LogP contribution >= 0.6 is 0 Å². The fourth-order valence-electron chi connectivity index (χ4n) is 3.54. The number of primary amides is 1. The normalized spacial score (nSPS) is 26.0. The van der Waals surface area contributed by atoms with Gasteiger partial charge in [-0.2, -0.15) is 0 Å². The number of imidazole rings is 1. The molecule has 0 spiro atoms. The molecule has 20 heavy (non-hydrogen) atoms. The van der Waals surface area contributed by atoms with Crippen LogP contribution < -0.4 is 11.1 Å². The number of nitrogens with two attached hydrogens (primary N) is 1. The first-order valence-corrected chi connectivity index (χ1v) is 7.63. The van der Waals surface area contributed by atoms with Crippen LogP contribution in [0.5, 0.6) is 0 Å². The van der Waals surface area contributed by atoms with Gasteiger partial charge in [0.15, 0.2) is 0 Å². The third-order valence-electron chi connectivity index (χ3n) is 4.70. The molecule has 1 fully saturated rings. The summed E-state index contributed by atoms with van der Waals surface area (Å²) in [4.78, 5) is 16.2. The zero-order valence-corrected chi connectivity index (χ0v) is 12.6. The van der Waals surface area contributed by atoms with Crippen molar-refractivity contribution in [1.29, 1.82) is 0 Å². The minimum atomic E-state index is -0.508. The van der Waals surface area contributed by atoms with Gasteiger partial charge in [0.1, 0.15) is 11.4 Å². The van der Waals surface area contributed by atoms with Crippen LogP contribution in [-0.4, -0.2) is 28.0 Å². The molecule has 1 saturated carbocycles. The Morgan fingerprint density at radius 3 is 3.10 bits per heavy atom. The van der Waals surface area contributed by atoms with Crippen molar-refractivity contribution in [2.75, 3.05) is 7.05 Å². The van der Waals surface area contributed by atoms with Crippen LogP contribution in [0.25, 0.3) is 0 Å². The van der Waals surface area contributed by atoms with Crippen molar-refractivity contribution in [3.8, 4) is 0 Å². The van der Waals surface area contributed by atoms with E-state index in [1.807, 2.05) is 19.4 Å². The van der Waals surface area contributed by atoms with Crippen LogP contribution in [0.3, 0.4) is 0 Å². The lowest BCUT2D eigenvalue weighted by Gasteiger charge is -2.32. The van der Waals surface area contributed by atoms with E-state index >= 15 is 0 Å². The maximum Gasteiger partial charge on any atom is 0.238 e. The molecule has 1 aliphatic carbocycles. The summed E-state index contributed by atoms with van der Waals surface area (Å²) in [5.74, 6) is 1.25. The highest BCUT2D eigenvalue weighted by Crippen LogP contribution is 2.37. The summed E-state index contributed by atoms with van der Waals surface area (Å²) < 4.78 is 2.21. The Morgan fingerprint density at radius 1 is 1.65 bits per heavy atom. The molecule has 2 atom stereocenters. The molecule has 0 saturated heterocycles. The Balaban J connectivity index is 2.02. The second-order valence-corrected chi connectivity index (χ2v) is 5.75. The monoisotopic (exact) mass is 278 g/mol. The number of carbonyl (C=O) groups is 1. The molecule has 0 aliphatic heterocycles. The largest absolute Gasteiger partial charge is 0.368 e. The number of aryl methyl sites for hydroxylation is 2. The molecule has 0 radical (unpaired) electrons. The third kappa shape index (κ3) is 2.73. The van der Waals surface area contributed by atoms with Crippen LogP contribution in [0.15, 0.2) is 12.4 Å². The minimum Gasteiger partial charge on any atom is -0.368 e. The van der Waals surface area contributed by atoms with E-state index in [1.165, 1.54) is 0 Å². The van der Waals surface area contributed by atoms with Crippen molar-refractivity contribution in [2.24, 2.45) is 11.7 Å². The van der Waals surface area contributed by atoms with Crippen LogP contribution in [0.2, 0.25) is 0 Å². The maximum absolute atomic E-state index is 11.8. The first-order chi connectivity index (χ1) is 9.64. The molecule has 2 unspecified atom stereocenters. The summed E-state index contributed by atoms with van der Waals surface area (Å²) in [5, 5.41) is 3.20. The molecule has 2 rings (SSSR count). The molecule has 0 bridgehead atoms. The molecule has 5 nitrogen and oxygen atoms in total. The summed E-state index contributed by atoms with van der Waals surface area (Å²) in [6.07, 6.45) is 9.96. The standard InChI is InChI=1S/C15H26N4O/c1-3-5-13-18-9-11-19(13)10-7-12-6-4-8-15(12,17-2)14(16)20/h9,11-12,17H,3-8,10H2,1-2H3,(H2,16,20). The summed E-state index contributed by atoms with van der Waals surface area (Å²) in [6.45, 7) is 3.08. The van der Waals surface area contributed by atoms with Gasteiger partial charge in [0, 0.05) is 25.4 Å². The highest BCUT2D eigenvalue weighted by atomic mass is 16.1. The van der Waals surface area contributed by atoms with Gasteiger partial charge in [0.05, 0.1) is 0 Å². The van der Waals surface area contributed by atoms with Crippen molar-refractivity contribution < 1.29 is 4.79 Å². The van der Waals surface area contributed by atoms with Crippen LogP contribution in [0.1, 0.15) is 44.9 Å². The molecular weight excluding hydrogens is 252 g/mol.